The first-order valence-electron chi connectivity index (χ1n) is 24.6. The second-order valence-corrected chi connectivity index (χ2v) is 20.7. The van der Waals surface area contributed by atoms with Crippen LogP contribution in [-0.4, -0.2) is 58.3 Å². The molecule has 0 aliphatic carbocycles. The van der Waals surface area contributed by atoms with Crippen molar-refractivity contribution in [3.05, 3.63) is 103 Å². The first-order chi connectivity index (χ1) is 31.8. The molecule has 2 N–H and O–H groups in total. The van der Waals surface area contributed by atoms with Gasteiger partial charge in [-0.25, -0.2) is 9.59 Å². The van der Waals surface area contributed by atoms with Crippen LogP contribution >= 0.6 is 22.7 Å². The number of amides is 2. The van der Waals surface area contributed by atoms with E-state index in [0.29, 0.717) is 22.6 Å². The molecule has 0 saturated carbocycles. The van der Waals surface area contributed by atoms with Gasteiger partial charge in [0.05, 0.1) is 24.4 Å². The Labute approximate surface area is 401 Å². The van der Waals surface area contributed by atoms with E-state index in [9.17, 15) is 29.4 Å². The zero-order valence-electron chi connectivity index (χ0n) is 40.2. The number of benzene rings is 2. The lowest BCUT2D eigenvalue weighted by Gasteiger charge is -2.25. The first kappa shape index (κ1) is 52.6. The number of esters is 2. The van der Waals surface area contributed by atoms with E-state index in [1.165, 1.54) is 32.4 Å². The zero-order valence-corrected chi connectivity index (χ0v) is 41.8. The number of carbonyl (C=O) groups excluding carboxylic acids is 4. The second-order valence-electron chi connectivity index (χ2n) is 18.3. The predicted octanol–water partition coefficient (Wildman–Crippen LogP) is 12.9. The summed E-state index contributed by atoms with van der Waals surface area (Å²) in [5, 5.41) is 20.8. The van der Waals surface area contributed by atoms with Crippen LogP contribution in [0, 0.1) is 0 Å². The smallest absolute Gasteiger partial charge is 0.348 e. The molecule has 2 aliphatic heterocycles. The number of anilines is 2. The quantitative estimate of drug-likeness (QED) is 0.0524. The highest BCUT2D eigenvalue weighted by molar-refractivity contribution is 7.14. The number of aliphatic hydroxyl groups excluding tert-OH is 2. The highest BCUT2D eigenvalue weighted by Crippen LogP contribution is 2.34. The predicted molar refractivity (Wildman–Crippen MR) is 268 cm³/mol. The van der Waals surface area contributed by atoms with E-state index in [1.807, 2.05) is 110 Å². The molecule has 0 bridgehead atoms. The lowest BCUT2D eigenvalue weighted by atomic mass is 10.0. The number of thiophene rings is 2. The average Bonchev–Trinajstić information content (AvgIpc) is 4.12. The summed E-state index contributed by atoms with van der Waals surface area (Å²) >= 11 is 2.99. The lowest BCUT2D eigenvalue weighted by Crippen LogP contribution is -2.32. The van der Waals surface area contributed by atoms with E-state index in [0.717, 1.165) is 125 Å². The molecule has 2 aromatic heterocycles. The Morgan fingerprint density at radius 2 is 0.955 bits per heavy atom. The lowest BCUT2D eigenvalue weighted by molar-refractivity contribution is -0.118. The minimum Gasteiger partial charge on any atom is -0.459 e. The molecule has 0 unspecified atom stereocenters. The summed E-state index contributed by atoms with van der Waals surface area (Å²) < 4.78 is 10.5. The van der Waals surface area contributed by atoms with E-state index < -0.39 is 12.2 Å². The standard InChI is InChI=1S/2C27H37NO4S/c2*1-4-5-6-10-24(29)20-11-13-22(14-12-20)28-21(15-18-26(28)30)8-7-9-23-16-17-25(33-23)27(31)32-19(2)3/h2*11-14,16-17,19,21,24,29H,4-10,15,18H2,1-3H3/t21-,24+;21-,24-/m00/s1. The van der Waals surface area contributed by atoms with Crippen molar-refractivity contribution < 1.29 is 38.9 Å². The van der Waals surface area contributed by atoms with Crippen LogP contribution in [0.25, 0.3) is 0 Å². The van der Waals surface area contributed by atoms with Gasteiger partial charge in [-0.05, 0) is 152 Å². The van der Waals surface area contributed by atoms with Gasteiger partial charge in [0.15, 0.2) is 0 Å². The van der Waals surface area contributed by atoms with Crippen LogP contribution in [0.4, 0.5) is 11.4 Å². The molecule has 4 aromatic rings. The molecule has 2 aliphatic rings. The molecule has 66 heavy (non-hydrogen) atoms. The summed E-state index contributed by atoms with van der Waals surface area (Å²) in [6, 6.07) is 23.8. The number of aryl methyl sites for hydroxylation is 2. The topological polar surface area (TPSA) is 134 Å². The fraction of sp³-hybridized carbons (Fsp3) is 0.556. The normalized spacial score (nSPS) is 17.1. The summed E-state index contributed by atoms with van der Waals surface area (Å²) in [4.78, 5) is 56.8. The van der Waals surface area contributed by atoms with Gasteiger partial charge in [-0.1, -0.05) is 76.6 Å². The van der Waals surface area contributed by atoms with Gasteiger partial charge in [0.1, 0.15) is 9.75 Å². The average molecular weight is 943 g/mol. The monoisotopic (exact) mass is 942 g/mol. The van der Waals surface area contributed by atoms with Crippen LogP contribution in [0.15, 0.2) is 72.8 Å². The zero-order chi connectivity index (χ0) is 47.6. The largest absolute Gasteiger partial charge is 0.459 e. The van der Waals surface area contributed by atoms with Crippen molar-refractivity contribution in [1.82, 2.24) is 0 Å². The number of hydrogen-bond donors (Lipinski definition) is 2. The molecule has 360 valence electrons. The molecule has 12 heteroatoms. The summed E-state index contributed by atoms with van der Waals surface area (Å²) in [5.74, 6) is -0.169. The maximum atomic E-state index is 12.6. The van der Waals surface area contributed by atoms with Crippen molar-refractivity contribution in [2.45, 2.75) is 194 Å². The Morgan fingerprint density at radius 3 is 1.30 bits per heavy atom. The number of aliphatic hydroxyl groups is 2. The molecule has 6 rings (SSSR count). The maximum absolute atomic E-state index is 12.6. The number of unbranched alkanes of at least 4 members (excludes halogenated alkanes) is 4. The molecule has 4 atom stereocenters. The van der Waals surface area contributed by atoms with Crippen molar-refractivity contribution in [1.29, 1.82) is 0 Å². The van der Waals surface area contributed by atoms with Crippen LogP contribution in [0.3, 0.4) is 0 Å². The van der Waals surface area contributed by atoms with Crippen LogP contribution in [0.5, 0.6) is 0 Å². The van der Waals surface area contributed by atoms with Gasteiger partial charge in [-0.2, -0.15) is 0 Å². The van der Waals surface area contributed by atoms with Crippen molar-refractivity contribution >= 4 is 57.8 Å². The van der Waals surface area contributed by atoms with E-state index >= 15 is 0 Å². The summed E-state index contributed by atoms with van der Waals surface area (Å²) in [5.41, 5.74) is 3.67. The minimum absolute atomic E-state index is 0.118. The minimum atomic E-state index is -0.441. The second kappa shape index (κ2) is 26.8. The third-order valence-corrected chi connectivity index (χ3v) is 14.5. The highest BCUT2D eigenvalue weighted by atomic mass is 32.1. The van der Waals surface area contributed by atoms with Crippen LogP contribution in [-0.2, 0) is 31.9 Å². The summed E-state index contributed by atoms with van der Waals surface area (Å²) in [6.07, 6.45) is 15.5. The van der Waals surface area contributed by atoms with Crippen molar-refractivity contribution in [3.63, 3.8) is 0 Å². The third-order valence-electron chi connectivity index (χ3n) is 12.3. The SMILES string of the molecule is CCCCC[C@@H](O)c1ccc(N2C(=O)CC[C@@H]2CCCc2ccc(C(=O)OC(C)C)s2)cc1.CCCCC[C@H](O)c1ccc(N2C(=O)CC[C@@H]2CCCc2ccc(C(=O)OC(C)C)s2)cc1. The number of nitrogens with zero attached hydrogens (tertiary/aromatic N) is 2. The molecular weight excluding hydrogens is 869 g/mol. The molecular formula is C54H74N2O8S2. The Morgan fingerprint density at radius 1 is 0.576 bits per heavy atom. The molecule has 0 radical (unpaired) electrons. The molecule has 10 nitrogen and oxygen atoms in total. The number of hydrogen-bond acceptors (Lipinski definition) is 10. The number of carbonyl (C=O) groups is 4. The fourth-order valence-corrected chi connectivity index (χ4v) is 10.6. The molecule has 2 saturated heterocycles. The summed E-state index contributed by atoms with van der Waals surface area (Å²) in [7, 11) is 0. The van der Waals surface area contributed by atoms with Crippen LogP contribution in [0.2, 0.25) is 0 Å². The van der Waals surface area contributed by atoms with Crippen molar-refractivity contribution in [2.75, 3.05) is 9.80 Å². The van der Waals surface area contributed by atoms with Gasteiger partial charge in [-0.3, -0.25) is 9.59 Å². The van der Waals surface area contributed by atoms with Gasteiger partial charge in [0.2, 0.25) is 11.8 Å². The Kier molecular flexibility index (Phi) is 21.4. The highest BCUT2D eigenvalue weighted by Gasteiger charge is 2.33. The van der Waals surface area contributed by atoms with E-state index in [4.69, 9.17) is 9.47 Å². The van der Waals surface area contributed by atoms with Crippen LogP contribution in [0.1, 0.15) is 197 Å². The van der Waals surface area contributed by atoms with Crippen molar-refractivity contribution in [2.24, 2.45) is 0 Å². The van der Waals surface area contributed by atoms with E-state index in [-0.39, 0.29) is 48.0 Å². The van der Waals surface area contributed by atoms with Crippen LogP contribution < -0.4 is 9.80 Å². The number of rotatable bonds is 24. The van der Waals surface area contributed by atoms with E-state index in [2.05, 4.69) is 13.8 Å². The van der Waals surface area contributed by atoms with Gasteiger partial charge in [0.25, 0.3) is 0 Å². The van der Waals surface area contributed by atoms with Crippen molar-refractivity contribution in [3.8, 4) is 0 Å². The third kappa shape index (κ3) is 15.9. The Hall–Kier alpha value is -4.36. The molecule has 2 fully saturated rings. The van der Waals surface area contributed by atoms with E-state index in [1.54, 1.807) is 0 Å². The summed E-state index contributed by atoms with van der Waals surface area (Å²) in [6.45, 7) is 11.7. The maximum Gasteiger partial charge on any atom is 0.348 e. The molecule has 4 heterocycles. The molecule has 2 aromatic carbocycles. The van der Waals surface area contributed by atoms with Gasteiger partial charge in [0, 0.05) is 46.1 Å². The molecule has 0 spiro atoms. The number of ether oxygens (including phenoxy) is 2. The van der Waals surface area contributed by atoms with Gasteiger partial charge >= 0.3 is 11.9 Å². The fourth-order valence-electron chi connectivity index (χ4n) is 8.78. The molecule has 2 amide bonds. The first-order valence-corrected chi connectivity index (χ1v) is 26.2. The Bertz CT molecular complexity index is 1960. The van der Waals surface area contributed by atoms with Gasteiger partial charge < -0.3 is 29.5 Å². The Balaban J connectivity index is 0.000000247. The van der Waals surface area contributed by atoms with Gasteiger partial charge in [-0.15, -0.1) is 22.7 Å².